The minimum Gasteiger partial charge on any atom is -0.484 e. The molecule has 1 amide bonds. The van der Waals surface area contributed by atoms with Gasteiger partial charge in [0.25, 0.3) is 5.91 Å². The molecule has 5 nitrogen and oxygen atoms in total. The molecule has 0 aliphatic heterocycles. The maximum atomic E-state index is 11.5. The highest BCUT2D eigenvalue weighted by Gasteiger charge is 2.15. The Kier molecular flexibility index (Phi) is 4.61. The van der Waals surface area contributed by atoms with E-state index < -0.39 is 17.9 Å². The topological polar surface area (TPSA) is 75.6 Å². The number of ether oxygens (including phenoxy) is 1. The number of aryl methyl sites for hydroxylation is 2. The van der Waals surface area contributed by atoms with Crippen LogP contribution in [0.2, 0.25) is 0 Å². The summed E-state index contributed by atoms with van der Waals surface area (Å²) in [5.41, 5.74) is 2.64. The smallest absolute Gasteiger partial charge is 0.325 e. The number of benzene rings is 1. The van der Waals surface area contributed by atoms with Crippen molar-refractivity contribution in [1.82, 2.24) is 5.32 Å². The van der Waals surface area contributed by atoms with Gasteiger partial charge in [0.2, 0.25) is 0 Å². The molecule has 108 valence electrons. The van der Waals surface area contributed by atoms with Gasteiger partial charge in [0, 0.05) is 0 Å². The van der Waals surface area contributed by atoms with Crippen LogP contribution in [0.3, 0.4) is 0 Å². The number of hydrogen-bond acceptors (Lipinski definition) is 3. The summed E-state index contributed by atoms with van der Waals surface area (Å²) in [6, 6.07) is 4.97. The van der Waals surface area contributed by atoms with E-state index in [1.165, 1.54) is 30.9 Å². The SMILES string of the molecule is C[C@@H](NC(=O)COc1ccc2c(c1)CCCC2)C(=O)O. The lowest BCUT2D eigenvalue weighted by molar-refractivity contribution is -0.141. The Morgan fingerprint density at radius 3 is 2.70 bits per heavy atom. The number of amides is 1. The second-order valence-corrected chi connectivity index (χ2v) is 5.05. The van der Waals surface area contributed by atoms with Crippen molar-refractivity contribution in [2.45, 2.75) is 38.6 Å². The summed E-state index contributed by atoms with van der Waals surface area (Å²) in [6.45, 7) is 1.25. The van der Waals surface area contributed by atoms with Gasteiger partial charge in [-0.3, -0.25) is 9.59 Å². The average Bonchev–Trinajstić information content (AvgIpc) is 2.44. The number of nitrogens with one attached hydrogen (secondary N) is 1. The molecular weight excluding hydrogens is 258 g/mol. The summed E-state index contributed by atoms with van der Waals surface area (Å²) in [6.07, 6.45) is 4.57. The zero-order valence-electron chi connectivity index (χ0n) is 11.5. The molecule has 1 aliphatic rings. The van der Waals surface area contributed by atoms with Gasteiger partial charge in [-0.15, -0.1) is 0 Å². The van der Waals surface area contributed by atoms with E-state index in [-0.39, 0.29) is 6.61 Å². The lowest BCUT2D eigenvalue weighted by atomic mass is 9.92. The van der Waals surface area contributed by atoms with Crippen LogP contribution >= 0.6 is 0 Å². The molecule has 1 aliphatic carbocycles. The van der Waals surface area contributed by atoms with Gasteiger partial charge in [-0.25, -0.2) is 0 Å². The summed E-state index contributed by atoms with van der Waals surface area (Å²) in [4.78, 5) is 22.1. The van der Waals surface area contributed by atoms with Crippen molar-refractivity contribution in [3.05, 3.63) is 29.3 Å². The van der Waals surface area contributed by atoms with Crippen LogP contribution in [0.25, 0.3) is 0 Å². The molecule has 0 spiro atoms. The van der Waals surface area contributed by atoms with Crippen LogP contribution in [0.4, 0.5) is 0 Å². The number of hydrogen-bond donors (Lipinski definition) is 2. The number of carbonyl (C=O) groups excluding carboxylic acids is 1. The van der Waals surface area contributed by atoms with Crippen molar-refractivity contribution < 1.29 is 19.4 Å². The first-order chi connectivity index (χ1) is 9.56. The Hall–Kier alpha value is -2.04. The molecule has 0 bridgehead atoms. The molecule has 20 heavy (non-hydrogen) atoms. The molecule has 5 heteroatoms. The van der Waals surface area contributed by atoms with Crippen molar-refractivity contribution in [3.8, 4) is 5.75 Å². The van der Waals surface area contributed by atoms with E-state index in [0.29, 0.717) is 5.75 Å². The maximum absolute atomic E-state index is 11.5. The molecule has 0 unspecified atom stereocenters. The van der Waals surface area contributed by atoms with Gasteiger partial charge in [0.05, 0.1) is 0 Å². The van der Waals surface area contributed by atoms with Crippen LogP contribution in [0.5, 0.6) is 5.75 Å². The summed E-state index contributed by atoms with van der Waals surface area (Å²) in [5, 5.41) is 11.0. The van der Waals surface area contributed by atoms with Gasteiger partial charge in [-0.2, -0.15) is 0 Å². The third-order valence-corrected chi connectivity index (χ3v) is 3.44. The van der Waals surface area contributed by atoms with Crippen molar-refractivity contribution in [3.63, 3.8) is 0 Å². The number of carbonyl (C=O) groups is 2. The monoisotopic (exact) mass is 277 g/mol. The minimum atomic E-state index is -1.06. The summed E-state index contributed by atoms with van der Waals surface area (Å²) in [5.74, 6) is -0.839. The van der Waals surface area contributed by atoms with Crippen LogP contribution in [-0.2, 0) is 22.4 Å². The lowest BCUT2D eigenvalue weighted by Crippen LogP contribution is -2.40. The molecule has 0 radical (unpaired) electrons. The highest BCUT2D eigenvalue weighted by molar-refractivity contribution is 5.84. The molecule has 2 N–H and O–H groups in total. The van der Waals surface area contributed by atoms with Gasteiger partial charge in [-0.05, 0) is 55.9 Å². The van der Waals surface area contributed by atoms with Crippen LogP contribution in [0, 0.1) is 0 Å². The van der Waals surface area contributed by atoms with Crippen LogP contribution in [0.1, 0.15) is 30.9 Å². The van der Waals surface area contributed by atoms with E-state index in [1.807, 2.05) is 18.2 Å². The maximum Gasteiger partial charge on any atom is 0.325 e. The molecule has 0 heterocycles. The van der Waals surface area contributed by atoms with Crippen molar-refractivity contribution >= 4 is 11.9 Å². The van der Waals surface area contributed by atoms with Gasteiger partial charge in [0.15, 0.2) is 6.61 Å². The van der Waals surface area contributed by atoms with E-state index in [1.54, 1.807) is 0 Å². The van der Waals surface area contributed by atoms with Crippen molar-refractivity contribution in [1.29, 1.82) is 0 Å². The quantitative estimate of drug-likeness (QED) is 0.856. The fraction of sp³-hybridized carbons (Fsp3) is 0.467. The first kappa shape index (κ1) is 14.4. The predicted molar refractivity (Wildman–Crippen MR) is 73.8 cm³/mol. The molecular formula is C15H19NO4. The van der Waals surface area contributed by atoms with Crippen molar-refractivity contribution in [2.75, 3.05) is 6.61 Å². The van der Waals surface area contributed by atoms with E-state index in [4.69, 9.17) is 9.84 Å². The molecule has 0 fully saturated rings. The highest BCUT2D eigenvalue weighted by atomic mass is 16.5. The number of aliphatic carboxylic acids is 1. The summed E-state index contributed by atoms with van der Waals surface area (Å²) in [7, 11) is 0. The molecule has 0 saturated carbocycles. The lowest BCUT2D eigenvalue weighted by Gasteiger charge is -2.17. The fourth-order valence-electron chi connectivity index (χ4n) is 2.29. The average molecular weight is 277 g/mol. The first-order valence-corrected chi connectivity index (χ1v) is 6.83. The van der Waals surface area contributed by atoms with Crippen LogP contribution < -0.4 is 10.1 Å². The van der Waals surface area contributed by atoms with E-state index >= 15 is 0 Å². The van der Waals surface area contributed by atoms with Gasteiger partial charge >= 0.3 is 5.97 Å². The largest absolute Gasteiger partial charge is 0.484 e. The Bertz CT molecular complexity index is 513. The van der Waals surface area contributed by atoms with E-state index in [2.05, 4.69) is 5.32 Å². The Balaban J connectivity index is 1.88. The number of fused-ring (bicyclic) bond motifs is 1. The Labute approximate surface area is 117 Å². The number of carboxylic acid groups (broad SMARTS) is 1. The third-order valence-electron chi connectivity index (χ3n) is 3.44. The van der Waals surface area contributed by atoms with Gasteiger partial charge in [0.1, 0.15) is 11.8 Å². The molecule has 0 aromatic heterocycles. The van der Waals surface area contributed by atoms with Crippen molar-refractivity contribution in [2.24, 2.45) is 0 Å². The Morgan fingerprint density at radius 2 is 2.00 bits per heavy atom. The zero-order chi connectivity index (χ0) is 14.5. The standard InChI is InChI=1S/C15H19NO4/c1-10(15(18)19)16-14(17)9-20-13-7-6-11-4-2-3-5-12(11)8-13/h6-8,10H,2-5,9H2,1H3,(H,16,17)(H,18,19)/t10-/m1/s1. The fourth-order valence-corrected chi connectivity index (χ4v) is 2.29. The Morgan fingerprint density at radius 1 is 1.30 bits per heavy atom. The van der Waals surface area contributed by atoms with Crippen LogP contribution in [-0.4, -0.2) is 29.6 Å². The summed E-state index contributed by atoms with van der Waals surface area (Å²) >= 11 is 0. The molecule has 1 aromatic carbocycles. The zero-order valence-corrected chi connectivity index (χ0v) is 11.5. The number of rotatable bonds is 5. The van der Waals surface area contributed by atoms with E-state index in [9.17, 15) is 9.59 Å². The molecule has 0 saturated heterocycles. The normalized spacial score (nSPS) is 15.1. The van der Waals surface area contributed by atoms with Crippen LogP contribution in [0.15, 0.2) is 18.2 Å². The summed E-state index contributed by atoms with van der Waals surface area (Å²) < 4.78 is 5.41. The molecule has 1 atom stereocenters. The highest BCUT2D eigenvalue weighted by Crippen LogP contribution is 2.25. The minimum absolute atomic E-state index is 0.170. The second-order valence-electron chi connectivity index (χ2n) is 5.05. The first-order valence-electron chi connectivity index (χ1n) is 6.83. The predicted octanol–water partition coefficient (Wildman–Crippen LogP) is 1.53. The molecule has 2 rings (SSSR count). The van der Waals surface area contributed by atoms with Gasteiger partial charge in [-0.1, -0.05) is 6.07 Å². The van der Waals surface area contributed by atoms with E-state index in [0.717, 1.165) is 12.8 Å². The van der Waals surface area contributed by atoms with Gasteiger partial charge < -0.3 is 15.2 Å². The second kappa shape index (κ2) is 6.41. The molecule has 1 aromatic rings. The number of carboxylic acids is 1. The third kappa shape index (κ3) is 3.73.